The molecule has 11 nitrogen and oxygen atoms in total. The van der Waals surface area contributed by atoms with Gasteiger partial charge in [0.2, 0.25) is 0 Å². The smallest absolute Gasteiger partial charge is 0.334 e. The van der Waals surface area contributed by atoms with Crippen molar-refractivity contribution in [1.82, 2.24) is 20.0 Å². The molecule has 0 bridgehead atoms. The van der Waals surface area contributed by atoms with Gasteiger partial charge in [0.1, 0.15) is 16.9 Å². The van der Waals surface area contributed by atoms with Gasteiger partial charge >= 0.3 is 12.1 Å². The molecular formula is C22H32N6O5. The number of nitrogens with two attached hydrogens (primary N) is 2. The lowest BCUT2D eigenvalue weighted by atomic mass is 9.51. The lowest BCUT2D eigenvalue weighted by Gasteiger charge is -2.56. The van der Waals surface area contributed by atoms with Crippen LogP contribution in [0.4, 0.5) is 9.59 Å². The van der Waals surface area contributed by atoms with E-state index < -0.39 is 23.4 Å². The van der Waals surface area contributed by atoms with E-state index in [2.05, 4.69) is 5.32 Å². The molecule has 0 unspecified atom stereocenters. The first-order valence-corrected chi connectivity index (χ1v) is 11.6. The molecule has 0 atom stereocenters. The molecule has 180 valence electrons. The number of hydrogen-bond donors (Lipinski definition) is 3. The second-order valence-corrected chi connectivity index (χ2v) is 9.91. The summed E-state index contributed by atoms with van der Waals surface area (Å²) < 4.78 is 0. The third kappa shape index (κ3) is 3.53. The third-order valence-corrected chi connectivity index (χ3v) is 7.70. The van der Waals surface area contributed by atoms with Crippen LogP contribution in [0, 0.1) is 5.41 Å². The molecule has 2 saturated heterocycles. The Bertz CT molecular complexity index is 939. The van der Waals surface area contributed by atoms with Gasteiger partial charge < -0.3 is 16.8 Å². The van der Waals surface area contributed by atoms with Gasteiger partial charge in [-0.1, -0.05) is 19.8 Å². The minimum Gasteiger partial charge on any atom is -0.385 e. The van der Waals surface area contributed by atoms with Gasteiger partial charge in [-0.2, -0.15) is 0 Å². The Kier molecular flexibility index (Phi) is 5.61. The van der Waals surface area contributed by atoms with E-state index in [1.807, 2.05) is 6.92 Å². The van der Waals surface area contributed by atoms with E-state index in [-0.39, 0.29) is 41.3 Å². The highest BCUT2D eigenvalue weighted by Gasteiger charge is 2.64. The summed E-state index contributed by atoms with van der Waals surface area (Å²) in [5.74, 6) is -2.04. The maximum absolute atomic E-state index is 13.2. The lowest BCUT2D eigenvalue weighted by Crippen LogP contribution is -2.65. The summed E-state index contributed by atoms with van der Waals surface area (Å²) in [7, 11) is 1.48. The van der Waals surface area contributed by atoms with Gasteiger partial charge in [0.25, 0.3) is 17.7 Å². The molecular weight excluding hydrogens is 428 g/mol. The maximum Gasteiger partial charge on any atom is 0.334 e. The summed E-state index contributed by atoms with van der Waals surface area (Å²) in [6.45, 7) is 2.23. The number of carbonyl (C=O) groups is 5. The number of urea groups is 2. The number of likely N-dealkylation sites (N-methyl/N-ethyl adjacent to an activating group) is 1. The summed E-state index contributed by atoms with van der Waals surface area (Å²) in [6, 6.07) is -1.36. The number of hydrogen-bond acceptors (Lipinski definition) is 7. The van der Waals surface area contributed by atoms with Gasteiger partial charge in [-0.15, -0.1) is 0 Å². The number of nitrogens with one attached hydrogen (secondary N) is 1. The molecule has 0 aromatic heterocycles. The normalized spacial score (nSPS) is 32.2. The number of nitrogens with zero attached hydrogens (tertiary/aromatic N) is 3. The standard InChI is InChI=1S/C22H32N6O5/c1-3-4-5-10-27-16(29)14(15(23)24)17(30)28(20(27)33)13-6-8-21(9-7-13)11-22(12-21)18(31)26(2)19(32)25-22/h13H,3-12,23-24H2,1-2H3,(H,25,32). The zero-order valence-electron chi connectivity index (χ0n) is 19.2. The van der Waals surface area contributed by atoms with E-state index in [4.69, 9.17) is 11.5 Å². The Morgan fingerprint density at radius 2 is 1.67 bits per heavy atom. The second-order valence-electron chi connectivity index (χ2n) is 9.91. The summed E-state index contributed by atoms with van der Waals surface area (Å²) in [5, 5.41) is 2.82. The number of carbonyl (C=O) groups excluding carboxylic acids is 5. The number of barbiturate groups is 1. The van der Waals surface area contributed by atoms with Crippen LogP contribution in [0.1, 0.15) is 64.7 Å². The number of imide groups is 3. The molecule has 4 fully saturated rings. The average Bonchev–Trinajstić information content (AvgIpc) is 2.95. The first-order chi connectivity index (χ1) is 15.6. The minimum atomic E-state index is -0.818. The summed E-state index contributed by atoms with van der Waals surface area (Å²) >= 11 is 0. The van der Waals surface area contributed by atoms with Crippen LogP contribution in [0.25, 0.3) is 0 Å². The molecule has 33 heavy (non-hydrogen) atoms. The number of unbranched alkanes of at least 4 members (excludes halogenated alkanes) is 2. The van der Waals surface area contributed by atoms with E-state index in [0.29, 0.717) is 44.9 Å². The Balaban J connectivity index is 1.47. The average molecular weight is 461 g/mol. The van der Waals surface area contributed by atoms with Gasteiger partial charge in [0.15, 0.2) is 0 Å². The fourth-order valence-electron chi connectivity index (χ4n) is 5.99. The van der Waals surface area contributed by atoms with Crippen LogP contribution in [-0.2, 0) is 14.4 Å². The van der Waals surface area contributed by atoms with Crippen LogP contribution in [-0.4, -0.2) is 69.7 Å². The fraction of sp³-hybridized carbons (Fsp3) is 0.682. The van der Waals surface area contributed by atoms with Crippen molar-refractivity contribution >= 4 is 29.8 Å². The monoisotopic (exact) mass is 460 g/mol. The molecule has 2 spiro atoms. The van der Waals surface area contributed by atoms with Crippen LogP contribution in [0.15, 0.2) is 11.4 Å². The van der Waals surface area contributed by atoms with Crippen LogP contribution in [0.5, 0.6) is 0 Å². The summed E-state index contributed by atoms with van der Waals surface area (Å²) in [5.41, 5.74) is 10.1. The fourth-order valence-corrected chi connectivity index (χ4v) is 5.99. The van der Waals surface area contributed by atoms with E-state index in [1.54, 1.807) is 0 Å². The van der Waals surface area contributed by atoms with E-state index >= 15 is 0 Å². The Morgan fingerprint density at radius 3 is 2.18 bits per heavy atom. The number of amides is 7. The van der Waals surface area contributed by atoms with Crippen molar-refractivity contribution in [3.63, 3.8) is 0 Å². The molecule has 2 saturated carbocycles. The van der Waals surface area contributed by atoms with Crippen molar-refractivity contribution in [1.29, 1.82) is 0 Å². The van der Waals surface area contributed by atoms with Crippen LogP contribution in [0.3, 0.4) is 0 Å². The predicted octanol–water partition coefficient (Wildman–Crippen LogP) is 0.740. The topological polar surface area (TPSA) is 159 Å². The van der Waals surface area contributed by atoms with Gasteiger partial charge in [0, 0.05) is 19.6 Å². The second kappa shape index (κ2) is 8.03. The Labute approximate surface area is 192 Å². The molecule has 0 aromatic carbocycles. The highest BCUT2D eigenvalue weighted by molar-refractivity contribution is 6.29. The van der Waals surface area contributed by atoms with Crippen molar-refractivity contribution in [3.05, 3.63) is 11.4 Å². The first kappa shape index (κ1) is 23.1. The van der Waals surface area contributed by atoms with Gasteiger partial charge in [-0.25, -0.2) is 9.59 Å². The maximum atomic E-state index is 13.2. The van der Waals surface area contributed by atoms with Crippen LogP contribution < -0.4 is 16.8 Å². The lowest BCUT2D eigenvalue weighted by molar-refractivity contribution is -0.143. The molecule has 4 rings (SSSR count). The summed E-state index contributed by atoms with van der Waals surface area (Å²) in [6.07, 6.45) is 6.07. The van der Waals surface area contributed by atoms with Crippen molar-refractivity contribution in [2.24, 2.45) is 16.9 Å². The largest absolute Gasteiger partial charge is 0.385 e. The molecule has 2 aliphatic carbocycles. The molecule has 2 aliphatic heterocycles. The first-order valence-electron chi connectivity index (χ1n) is 11.6. The molecule has 4 aliphatic rings. The highest BCUT2D eigenvalue weighted by Crippen LogP contribution is 2.58. The quantitative estimate of drug-likeness (QED) is 0.236. The number of rotatable bonds is 5. The highest BCUT2D eigenvalue weighted by atomic mass is 16.2. The molecule has 0 radical (unpaired) electrons. The molecule has 0 aromatic rings. The summed E-state index contributed by atoms with van der Waals surface area (Å²) in [4.78, 5) is 66.8. The molecule has 7 amide bonds. The van der Waals surface area contributed by atoms with Crippen molar-refractivity contribution in [2.75, 3.05) is 13.6 Å². The molecule has 11 heteroatoms. The van der Waals surface area contributed by atoms with Crippen LogP contribution >= 0.6 is 0 Å². The third-order valence-electron chi connectivity index (χ3n) is 7.70. The van der Waals surface area contributed by atoms with Crippen molar-refractivity contribution < 1.29 is 24.0 Å². The van der Waals surface area contributed by atoms with Gasteiger partial charge in [-0.05, 0) is 50.4 Å². The minimum absolute atomic E-state index is 0.102. The van der Waals surface area contributed by atoms with E-state index in [1.165, 1.54) is 7.05 Å². The molecule has 2 heterocycles. The zero-order chi connectivity index (χ0) is 24.1. The predicted molar refractivity (Wildman–Crippen MR) is 117 cm³/mol. The Morgan fingerprint density at radius 1 is 1.03 bits per heavy atom. The van der Waals surface area contributed by atoms with Crippen molar-refractivity contribution in [3.8, 4) is 0 Å². The van der Waals surface area contributed by atoms with E-state index in [9.17, 15) is 24.0 Å². The molecule has 5 N–H and O–H groups in total. The van der Waals surface area contributed by atoms with Gasteiger partial charge in [-0.3, -0.25) is 29.1 Å². The van der Waals surface area contributed by atoms with E-state index in [0.717, 1.165) is 27.5 Å². The van der Waals surface area contributed by atoms with Gasteiger partial charge in [0.05, 0.1) is 0 Å². The zero-order valence-corrected chi connectivity index (χ0v) is 19.2. The SMILES string of the molecule is CCCCCN1C(=O)C(=C(N)N)C(=O)N(C2CCC3(CC2)CC2(C3)NC(=O)N(C)C2=O)C1=O. The van der Waals surface area contributed by atoms with Crippen LogP contribution in [0.2, 0.25) is 0 Å². The Hall–Kier alpha value is -3.11. The van der Waals surface area contributed by atoms with Crippen molar-refractivity contribution in [2.45, 2.75) is 76.3 Å².